The summed E-state index contributed by atoms with van der Waals surface area (Å²) in [5, 5.41) is 4.58. The number of imide groups is 1. The van der Waals surface area contributed by atoms with Crippen LogP contribution in [-0.4, -0.2) is 36.0 Å². The third kappa shape index (κ3) is 6.18. The fraction of sp³-hybridized carbons (Fsp3) is 0.263. The van der Waals surface area contributed by atoms with E-state index in [1.54, 1.807) is 19.1 Å². The van der Waals surface area contributed by atoms with Crippen molar-refractivity contribution in [3.63, 3.8) is 0 Å². The number of aryl methyl sites for hydroxylation is 1. The molecule has 0 atom stereocenters. The number of urea groups is 1. The highest BCUT2D eigenvalue weighted by Crippen LogP contribution is 2.22. The van der Waals surface area contributed by atoms with Crippen LogP contribution in [0.2, 0.25) is 0 Å². The van der Waals surface area contributed by atoms with E-state index in [2.05, 4.69) is 31.5 Å². The number of hydrogen-bond acceptors (Lipinski definition) is 5. The first-order valence-electron chi connectivity index (χ1n) is 8.39. The van der Waals surface area contributed by atoms with E-state index in [0.29, 0.717) is 12.2 Å². The van der Waals surface area contributed by atoms with E-state index in [1.807, 2.05) is 31.2 Å². The Hall–Kier alpha value is -2.74. The van der Waals surface area contributed by atoms with Crippen molar-refractivity contribution in [2.75, 3.05) is 13.2 Å². The minimum Gasteiger partial charge on any atom is -0.452 e. The molecule has 0 aliphatic rings. The van der Waals surface area contributed by atoms with Crippen molar-refractivity contribution < 1.29 is 19.1 Å². The lowest BCUT2D eigenvalue weighted by atomic mass is 10.1. The van der Waals surface area contributed by atoms with Gasteiger partial charge in [-0.2, -0.15) is 0 Å². The molecular weight excluding hydrogens is 414 g/mol. The number of aromatic nitrogens is 1. The average Bonchev–Trinajstić information content (AvgIpc) is 2.64. The number of esters is 1. The van der Waals surface area contributed by atoms with Crippen LogP contribution in [-0.2, 0) is 9.53 Å². The molecule has 7 nitrogen and oxygen atoms in total. The van der Waals surface area contributed by atoms with E-state index in [9.17, 15) is 14.4 Å². The molecule has 0 bridgehead atoms. The summed E-state index contributed by atoms with van der Waals surface area (Å²) in [5.41, 5.74) is 2.37. The van der Waals surface area contributed by atoms with Gasteiger partial charge in [0.15, 0.2) is 6.61 Å². The molecular formula is C19H20BrN3O4. The van der Waals surface area contributed by atoms with Gasteiger partial charge in [0.2, 0.25) is 0 Å². The predicted octanol–water partition coefficient (Wildman–Crippen LogP) is 3.21. The summed E-state index contributed by atoms with van der Waals surface area (Å²) >= 11 is 3.41. The van der Waals surface area contributed by atoms with Gasteiger partial charge in [-0.3, -0.25) is 15.1 Å². The molecule has 0 saturated carbocycles. The van der Waals surface area contributed by atoms with E-state index >= 15 is 0 Å². The van der Waals surface area contributed by atoms with E-state index < -0.39 is 24.5 Å². The molecule has 142 valence electrons. The standard InChI is InChI=1S/C19H20BrN3O4/c1-3-9-21-19(26)23-17(24)11-27-18(25)15-7-8-16(22-12(15)2)13-5-4-6-14(20)10-13/h4-8,10H,3,9,11H2,1-2H3,(H2,21,23,24,26). The average molecular weight is 434 g/mol. The van der Waals surface area contributed by atoms with Gasteiger partial charge in [0.05, 0.1) is 17.0 Å². The van der Waals surface area contributed by atoms with Crippen molar-refractivity contribution >= 4 is 33.8 Å². The monoisotopic (exact) mass is 433 g/mol. The first-order chi connectivity index (χ1) is 12.9. The van der Waals surface area contributed by atoms with Crippen LogP contribution in [0.4, 0.5) is 4.79 Å². The molecule has 0 radical (unpaired) electrons. The normalized spacial score (nSPS) is 10.2. The summed E-state index contributed by atoms with van der Waals surface area (Å²) in [6.07, 6.45) is 0.749. The van der Waals surface area contributed by atoms with E-state index in [0.717, 1.165) is 22.2 Å². The molecule has 1 aromatic carbocycles. The Morgan fingerprint density at radius 3 is 2.63 bits per heavy atom. The van der Waals surface area contributed by atoms with Crippen LogP contribution in [0.15, 0.2) is 40.9 Å². The SMILES string of the molecule is CCCNC(=O)NC(=O)COC(=O)c1ccc(-c2cccc(Br)c2)nc1C. The summed E-state index contributed by atoms with van der Waals surface area (Å²) in [6, 6.07) is 10.3. The van der Waals surface area contributed by atoms with Gasteiger partial charge in [0.25, 0.3) is 5.91 Å². The summed E-state index contributed by atoms with van der Waals surface area (Å²) in [5.74, 6) is -1.38. The highest BCUT2D eigenvalue weighted by Gasteiger charge is 2.15. The molecule has 27 heavy (non-hydrogen) atoms. The number of rotatable bonds is 6. The van der Waals surface area contributed by atoms with Crippen molar-refractivity contribution in [2.24, 2.45) is 0 Å². The molecule has 2 rings (SSSR count). The van der Waals surface area contributed by atoms with Crippen molar-refractivity contribution in [2.45, 2.75) is 20.3 Å². The molecule has 0 aliphatic heterocycles. The number of nitrogens with one attached hydrogen (secondary N) is 2. The summed E-state index contributed by atoms with van der Waals surface area (Å²) in [4.78, 5) is 39.6. The Morgan fingerprint density at radius 1 is 1.19 bits per heavy atom. The second-order valence-corrected chi connectivity index (χ2v) is 6.64. The lowest BCUT2D eigenvalue weighted by molar-refractivity contribution is -0.123. The van der Waals surface area contributed by atoms with Gasteiger partial charge < -0.3 is 10.1 Å². The quantitative estimate of drug-likeness (QED) is 0.681. The molecule has 2 N–H and O–H groups in total. The van der Waals surface area contributed by atoms with Gasteiger partial charge in [-0.1, -0.05) is 35.0 Å². The van der Waals surface area contributed by atoms with Crippen molar-refractivity contribution in [1.29, 1.82) is 0 Å². The van der Waals surface area contributed by atoms with Crippen LogP contribution in [0.25, 0.3) is 11.3 Å². The van der Waals surface area contributed by atoms with Crippen LogP contribution in [0.1, 0.15) is 29.4 Å². The molecule has 0 fully saturated rings. The van der Waals surface area contributed by atoms with E-state index in [4.69, 9.17) is 4.74 Å². The maximum absolute atomic E-state index is 12.2. The topological polar surface area (TPSA) is 97.4 Å². The van der Waals surface area contributed by atoms with Crippen LogP contribution >= 0.6 is 15.9 Å². The largest absolute Gasteiger partial charge is 0.452 e. The van der Waals surface area contributed by atoms with Gasteiger partial charge in [-0.05, 0) is 37.6 Å². The maximum Gasteiger partial charge on any atom is 0.340 e. The molecule has 3 amide bonds. The maximum atomic E-state index is 12.2. The van der Waals surface area contributed by atoms with E-state index in [-0.39, 0.29) is 5.56 Å². The Bertz CT molecular complexity index is 855. The molecule has 1 heterocycles. The number of benzene rings is 1. The zero-order chi connectivity index (χ0) is 19.8. The molecule has 0 saturated heterocycles. The fourth-order valence-electron chi connectivity index (χ4n) is 2.24. The predicted molar refractivity (Wildman–Crippen MR) is 104 cm³/mol. The van der Waals surface area contributed by atoms with Crippen molar-refractivity contribution in [3.05, 3.63) is 52.1 Å². The number of pyridine rings is 1. The number of hydrogen-bond donors (Lipinski definition) is 2. The highest BCUT2D eigenvalue weighted by molar-refractivity contribution is 9.10. The third-order valence-electron chi connectivity index (χ3n) is 3.55. The number of carbonyl (C=O) groups is 3. The fourth-order valence-corrected chi connectivity index (χ4v) is 2.64. The first kappa shape index (κ1) is 20.6. The van der Waals surface area contributed by atoms with Crippen LogP contribution in [0.3, 0.4) is 0 Å². The van der Waals surface area contributed by atoms with Gasteiger partial charge in [-0.15, -0.1) is 0 Å². The van der Waals surface area contributed by atoms with Crippen molar-refractivity contribution in [1.82, 2.24) is 15.6 Å². The number of halogens is 1. The Morgan fingerprint density at radius 2 is 1.96 bits per heavy atom. The minimum absolute atomic E-state index is 0.261. The summed E-state index contributed by atoms with van der Waals surface area (Å²) < 4.78 is 5.89. The molecule has 2 aromatic rings. The Labute approximate surface area is 165 Å². The second kappa shape index (κ2) is 9.82. The third-order valence-corrected chi connectivity index (χ3v) is 4.04. The van der Waals surface area contributed by atoms with Crippen LogP contribution in [0, 0.1) is 6.92 Å². The van der Waals surface area contributed by atoms with Gasteiger partial charge in [0, 0.05) is 16.6 Å². The zero-order valence-corrected chi connectivity index (χ0v) is 16.6. The molecule has 0 spiro atoms. The highest BCUT2D eigenvalue weighted by atomic mass is 79.9. The van der Waals surface area contributed by atoms with E-state index in [1.165, 1.54) is 0 Å². The Balaban J connectivity index is 1.96. The van der Waals surface area contributed by atoms with Crippen molar-refractivity contribution in [3.8, 4) is 11.3 Å². The van der Waals surface area contributed by atoms with Crippen LogP contribution < -0.4 is 10.6 Å². The number of amides is 3. The summed E-state index contributed by atoms with van der Waals surface area (Å²) in [6.45, 7) is 3.48. The molecule has 0 unspecified atom stereocenters. The van der Waals surface area contributed by atoms with Gasteiger partial charge in [0.1, 0.15) is 0 Å². The number of carbonyl (C=O) groups excluding carboxylic acids is 3. The first-order valence-corrected chi connectivity index (χ1v) is 9.18. The molecule has 0 aliphatic carbocycles. The molecule has 8 heteroatoms. The smallest absolute Gasteiger partial charge is 0.340 e. The number of ether oxygens (including phenoxy) is 1. The van der Waals surface area contributed by atoms with Crippen LogP contribution in [0.5, 0.6) is 0 Å². The van der Waals surface area contributed by atoms with Gasteiger partial charge >= 0.3 is 12.0 Å². The molecule has 1 aromatic heterocycles. The number of nitrogens with zero attached hydrogens (tertiary/aromatic N) is 1. The zero-order valence-electron chi connectivity index (χ0n) is 15.0. The Kier molecular flexibility index (Phi) is 7.48. The second-order valence-electron chi connectivity index (χ2n) is 5.72. The minimum atomic E-state index is -0.701. The lowest BCUT2D eigenvalue weighted by Gasteiger charge is -2.09. The summed E-state index contributed by atoms with van der Waals surface area (Å²) in [7, 11) is 0. The van der Waals surface area contributed by atoms with Gasteiger partial charge in [-0.25, -0.2) is 9.59 Å². The lowest BCUT2D eigenvalue weighted by Crippen LogP contribution is -2.41.